The summed E-state index contributed by atoms with van der Waals surface area (Å²) in [4.78, 5) is 14.3. The van der Waals surface area contributed by atoms with Gasteiger partial charge in [0.15, 0.2) is 0 Å². The first-order valence-corrected chi connectivity index (χ1v) is 11.6. The van der Waals surface area contributed by atoms with Crippen LogP contribution < -0.4 is 4.74 Å². The van der Waals surface area contributed by atoms with Crippen molar-refractivity contribution in [2.24, 2.45) is 0 Å². The van der Waals surface area contributed by atoms with Crippen molar-refractivity contribution in [2.75, 3.05) is 31.6 Å². The Bertz CT molecular complexity index is 527. The van der Waals surface area contributed by atoms with Crippen molar-refractivity contribution < 1.29 is 14.3 Å². The summed E-state index contributed by atoms with van der Waals surface area (Å²) in [5.74, 6) is 0.561. The minimum Gasteiger partial charge on any atom is -0.490 e. The largest absolute Gasteiger partial charge is 0.490 e. The third kappa shape index (κ3) is 8.65. The maximum atomic E-state index is 11.7. The van der Waals surface area contributed by atoms with Crippen LogP contribution in [0, 0.1) is 0 Å². The van der Waals surface area contributed by atoms with Crippen LogP contribution in [0.2, 0.25) is 0 Å². The van der Waals surface area contributed by atoms with E-state index in [1.165, 1.54) is 45.1 Å². The Morgan fingerprint density at radius 1 is 1.04 bits per heavy atom. The van der Waals surface area contributed by atoms with Crippen molar-refractivity contribution >= 4 is 21.9 Å². The molecule has 0 amide bonds. The summed E-state index contributed by atoms with van der Waals surface area (Å²) in [6.45, 7) is 5.67. The molecule has 1 aromatic carbocycles. The van der Waals surface area contributed by atoms with Gasteiger partial charge in [0.1, 0.15) is 11.9 Å². The molecule has 0 bridgehead atoms. The van der Waals surface area contributed by atoms with Gasteiger partial charge in [0.25, 0.3) is 0 Å². The van der Waals surface area contributed by atoms with Gasteiger partial charge in [-0.15, -0.1) is 0 Å². The SMILES string of the molecule is CCOC(=O)c1ccc(OC2CCN(CCCCCCCCBr)CC2)cc1. The van der Waals surface area contributed by atoms with Crippen LogP contribution in [-0.2, 0) is 4.74 Å². The Hall–Kier alpha value is -1.07. The standard InChI is InChI=1S/C22H34BrNO3/c1-2-26-22(25)19-9-11-20(12-10-19)27-21-13-17-24(18-14-21)16-8-6-4-3-5-7-15-23/h9-12,21H,2-8,13-18H2,1H3. The lowest BCUT2D eigenvalue weighted by Crippen LogP contribution is -2.38. The van der Waals surface area contributed by atoms with E-state index in [1.54, 1.807) is 12.1 Å². The van der Waals surface area contributed by atoms with E-state index < -0.39 is 0 Å². The van der Waals surface area contributed by atoms with Crippen LogP contribution in [0.4, 0.5) is 0 Å². The van der Waals surface area contributed by atoms with Crippen molar-refractivity contribution in [2.45, 2.75) is 64.4 Å². The normalized spacial score (nSPS) is 15.6. The molecule has 0 unspecified atom stereocenters. The number of rotatable bonds is 12. The van der Waals surface area contributed by atoms with E-state index in [4.69, 9.17) is 9.47 Å². The highest BCUT2D eigenvalue weighted by Gasteiger charge is 2.20. The van der Waals surface area contributed by atoms with E-state index in [-0.39, 0.29) is 12.1 Å². The van der Waals surface area contributed by atoms with Gasteiger partial charge in [-0.05, 0) is 63.4 Å². The quantitative estimate of drug-likeness (QED) is 0.246. The van der Waals surface area contributed by atoms with Crippen LogP contribution in [0.3, 0.4) is 0 Å². The van der Waals surface area contributed by atoms with Gasteiger partial charge in [-0.1, -0.05) is 41.6 Å². The van der Waals surface area contributed by atoms with Crippen LogP contribution in [0.25, 0.3) is 0 Å². The summed E-state index contributed by atoms with van der Waals surface area (Å²) in [5.41, 5.74) is 0.575. The first kappa shape index (κ1) is 22.2. The number of esters is 1. The van der Waals surface area contributed by atoms with Gasteiger partial charge >= 0.3 is 5.97 Å². The van der Waals surface area contributed by atoms with Gasteiger partial charge in [0.2, 0.25) is 0 Å². The smallest absolute Gasteiger partial charge is 0.338 e. The molecule has 1 aliphatic heterocycles. The molecule has 4 nitrogen and oxygen atoms in total. The first-order chi connectivity index (χ1) is 13.2. The molecule has 27 heavy (non-hydrogen) atoms. The molecule has 0 aromatic heterocycles. The number of nitrogens with zero attached hydrogens (tertiary/aromatic N) is 1. The van der Waals surface area contributed by atoms with Crippen molar-refractivity contribution in [1.29, 1.82) is 0 Å². The molecule has 1 fully saturated rings. The van der Waals surface area contributed by atoms with Crippen LogP contribution in [0.15, 0.2) is 24.3 Å². The second kappa shape index (κ2) is 13.2. The van der Waals surface area contributed by atoms with Gasteiger partial charge in [0.05, 0.1) is 12.2 Å². The zero-order valence-electron chi connectivity index (χ0n) is 16.6. The van der Waals surface area contributed by atoms with E-state index in [2.05, 4.69) is 20.8 Å². The van der Waals surface area contributed by atoms with Gasteiger partial charge in [-0.25, -0.2) is 4.79 Å². The van der Waals surface area contributed by atoms with Crippen molar-refractivity contribution in [3.8, 4) is 5.75 Å². The number of carbonyl (C=O) groups excluding carboxylic acids is 1. The number of hydrogen-bond acceptors (Lipinski definition) is 4. The number of likely N-dealkylation sites (tertiary alicyclic amines) is 1. The molecule has 1 heterocycles. The summed E-state index contributed by atoms with van der Waals surface area (Å²) >= 11 is 3.49. The minimum absolute atomic E-state index is 0.277. The van der Waals surface area contributed by atoms with E-state index >= 15 is 0 Å². The number of hydrogen-bond donors (Lipinski definition) is 0. The molecule has 1 aromatic rings. The fraction of sp³-hybridized carbons (Fsp3) is 0.682. The highest BCUT2D eigenvalue weighted by Crippen LogP contribution is 2.20. The van der Waals surface area contributed by atoms with Gasteiger partial charge in [-0.2, -0.15) is 0 Å². The average molecular weight is 440 g/mol. The fourth-order valence-corrected chi connectivity index (χ4v) is 3.86. The van der Waals surface area contributed by atoms with E-state index in [1.807, 2.05) is 19.1 Å². The molecule has 1 saturated heterocycles. The lowest BCUT2D eigenvalue weighted by Gasteiger charge is -2.32. The first-order valence-electron chi connectivity index (χ1n) is 10.4. The van der Waals surface area contributed by atoms with E-state index in [0.717, 1.165) is 37.0 Å². The summed E-state index contributed by atoms with van der Waals surface area (Å²) in [5, 5.41) is 1.14. The monoisotopic (exact) mass is 439 g/mol. The van der Waals surface area contributed by atoms with Crippen LogP contribution in [0.5, 0.6) is 5.75 Å². The zero-order chi connectivity index (χ0) is 19.3. The van der Waals surface area contributed by atoms with E-state index in [0.29, 0.717) is 12.2 Å². The molecule has 5 heteroatoms. The second-order valence-electron chi connectivity index (χ2n) is 7.21. The molecule has 2 rings (SSSR count). The maximum absolute atomic E-state index is 11.7. The molecule has 1 aliphatic rings. The number of ether oxygens (including phenoxy) is 2. The lowest BCUT2D eigenvalue weighted by molar-refractivity contribution is 0.0526. The number of piperidine rings is 1. The molecular weight excluding hydrogens is 406 g/mol. The molecular formula is C22H34BrNO3. The summed E-state index contributed by atoms with van der Waals surface area (Å²) in [7, 11) is 0. The topological polar surface area (TPSA) is 38.8 Å². The Morgan fingerprint density at radius 2 is 1.67 bits per heavy atom. The van der Waals surface area contributed by atoms with Crippen LogP contribution >= 0.6 is 15.9 Å². The number of halogens is 1. The molecule has 152 valence electrons. The van der Waals surface area contributed by atoms with E-state index in [9.17, 15) is 4.79 Å². The molecule has 0 N–H and O–H groups in total. The minimum atomic E-state index is -0.277. The number of unbranched alkanes of at least 4 members (excludes halogenated alkanes) is 5. The second-order valence-corrected chi connectivity index (χ2v) is 8.01. The number of carbonyl (C=O) groups is 1. The average Bonchev–Trinajstić information content (AvgIpc) is 2.69. The van der Waals surface area contributed by atoms with Crippen molar-refractivity contribution in [3.05, 3.63) is 29.8 Å². The van der Waals surface area contributed by atoms with Crippen molar-refractivity contribution in [1.82, 2.24) is 4.90 Å². The Kier molecular flexibility index (Phi) is 10.8. The number of benzene rings is 1. The van der Waals surface area contributed by atoms with Gasteiger partial charge < -0.3 is 14.4 Å². The Balaban J connectivity index is 1.59. The Labute approximate surface area is 172 Å². The molecule has 0 atom stereocenters. The number of alkyl halides is 1. The third-order valence-electron chi connectivity index (χ3n) is 5.06. The maximum Gasteiger partial charge on any atom is 0.338 e. The fourth-order valence-electron chi connectivity index (χ4n) is 3.46. The van der Waals surface area contributed by atoms with Crippen LogP contribution in [0.1, 0.15) is 68.6 Å². The molecule has 0 spiro atoms. The third-order valence-corrected chi connectivity index (χ3v) is 5.62. The summed E-state index contributed by atoms with van der Waals surface area (Å²) in [6, 6.07) is 7.29. The summed E-state index contributed by atoms with van der Waals surface area (Å²) < 4.78 is 11.1. The zero-order valence-corrected chi connectivity index (χ0v) is 18.2. The lowest BCUT2D eigenvalue weighted by atomic mass is 10.1. The van der Waals surface area contributed by atoms with Gasteiger partial charge in [0, 0.05) is 18.4 Å². The summed E-state index contributed by atoms with van der Waals surface area (Å²) in [6.07, 6.45) is 10.5. The predicted octanol–water partition coefficient (Wildman–Crippen LogP) is 5.44. The Morgan fingerprint density at radius 3 is 2.30 bits per heavy atom. The predicted molar refractivity (Wildman–Crippen MR) is 114 cm³/mol. The molecule has 0 aliphatic carbocycles. The highest BCUT2D eigenvalue weighted by molar-refractivity contribution is 9.09. The highest BCUT2D eigenvalue weighted by atomic mass is 79.9. The molecule has 0 saturated carbocycles. The van der Waals surface area contributed by atoms with Crippen molar-refractivity contribution in [3.63, 3.8) is 0 Å². The molecule has 0 radical (unpaired) electrons. The van der Waals surface area contributed by atoms with Crippen LogP contribution in [-0.4, -0.2) is 48.5 Å². The van der Waals surface area contributed by atoms with Gasteiger partial charge in [-0.3, -0.25) is 0 Å².